The molecule has 0 heterocycles. The molecule has 3 rings (SSSR count). The lowest BCUT2D eigenvalue weighted by molar-refractivity contribution is -0.116. The predicted molar refractivity (Wildman–Crippen MR) is 136 cm³/mol. The van der Waals surface area contributed by atoms with Gasteiger partial charge in [-0.05, 0) is 62.8 Å². The van der Waals surface area contributed by atoms with Gasteiger partial charge in [0.25, 0.3) is 0 Å². The van der Waals surface area contributed by atoms with Crippen LogP contribution in [0.25, 0.3) is 0 Å². The summed E-state index contributed by atoms with van der Waals surface area (Å²) in [5, 5.41) is 2.88. The first-order chi connectivity index (χ1) is 15.6. The SMILES string of the molecule is CSc1ccccc1NC(=O)CN(Cc1ccc(C)cc1)S(=O)(=O)c1c(C)cc(C)cc1C. The molecule has 0 saturated heterocycles. The van der Waals surface area contributed by atoms with Crippen molar-refractivity contribution in [2.75, 3.05) is 18.1 Å². The predicted octanol–water partition coefficient (Wildman–Crippen LogP) is 5.47. The van der Waals surface area contributed by atoms with Crippen molar-refractivity contribution in [1.29, 1.82) is 0 Å². The van der Waals surface area contributed by atoms with Gasteiger partial charge in [0.2, 0.25) is 15.9 Å². The molecule has 3 aromatic carbocycles. The van der Waals surface area contributed by atoms with E-state index in [0.29, 0.717) is 16.8 Å². The Morgan fingerprint density at radius 2 is 1.52 bits per heavy atom. The van der Waals surface area contributed by atoms with Gasteiger partial charge in [-0.25, -0.2) is 8.42 Å². The molecule has 3 aromatic rings. The second-order valence-corrected chi connectivity index (χ2v) is 11.0. The lowest BCUT2D eigenvalue weighted by atomic mass is 10.1. The van der Waals surface area contributed by atoms with E-state index >= 15 is 0 Å². The fourth-order valence-corrected chi connectivity index (χ4v) is 6.27. The Labute approximate surface area is 201 Å². The highest BCUT2D eigenvalue weighted by Crippen LogP contribution is 2.28. The standard InChI is InChI=1S/C26H30N2O3S2/c1-18-10-12-22(13-11-18)16-28(17-25(29)27-23-8-6-7-9-24(23)32-5)33(30,31)26-20(3)14-19(2)15-21(26)4/h6-15H,16-17H2,1-5H3,(H,27,29). The number of nitrogens with zero attached hydrogens (tertiary/aromatic N) is 1. The van der Waals surface area contributed by atoms with Crippen LogP contribution in [0.4, 0.5) is 5.69 Å². The van der Waals surface area contributed by atoms with Gasteiger partial charge in [0.1, 0.15) is 0 Å². The molecule has 33 heavy (non-hydrogen) atoms. The molecule has 174 valence electrons. The minimum absolute atomic E-state index is 0.104. The Kier molecular flexibility index (Phi) is 8.00. The highest BCUT2D eigenvalue weighted by atomic mass is 32.2. The van der Waals surface area contributed by atoms with Gasteiger partial charge < -0.3 is 5.32 Å². The summed E-state index contributed by atoms with van der Waals surface area (Å²) in [4.78, 5) is 14.2. The summed E-state index contributed by atoms with van der Waals surface area (Å²) in [6.45, 7) is 7.33. The number of carbonyl (C=O) groups is 1. The molecule has 0 aliphatic rings. The smallest absolute Gasteiger partial charge is 0.244 e. The van der Waals surface area contributed by atoms with Gasteiger partial charge in [0.05, 0.1) is 17.1 Å². The third-order valence-corrected chi connectivity index (χ3v) is 8.28. The number of benzene rings is 3. The van der Waals surface area contributed by atoms with E-state index in [1.54, 1.807) is 13.8 Å². The van der Waals surface area contributed by atoms with Crippen molar-refractivity contribution >= 4 is 33.4 Å². The molecule has 1 amide bonds. The maximum Gasteiger partial charge on any atom is 0.244 e. The number of para-hydroxylation sites is 1. The second-order valence-electron chi connectivity index (χ2n) is 8.23. The number of hydrogen-bond acceptors (Lipinski definition) is 4. The van der Waals surface area contributed by atoms with Gasteiger partial charge in [-0.3, -0.25) is 4.79 Å². The molecular weight excluding hydrogens is 452 g/mol. The summed E-state index contributed by atoms with van der Waals surface area (Å²) < 4.78 is 28.9. The number of thioether (sulfide) groups is 1. The molecule has 0 aliphatic heterocycles. The van der Waals surface area contributed by atoms with Crippen molar-refractivity contribution < 1.29 is 13.2 Å². The number of aryl methyl sites for hydroxylation is 4. The van der Waals surface area contributed by atoms with E-state index in [4.69, 9.17) is 0 Å². The van der Waals surface area contributed by atoms with Crippen LogP contribution in [0.1, 0.15) is 27.8 Å². The fourth-order valence-electron chi connectivity index (χ4n) is 3.92. The van der Waals surface area contributed by atoms with Gasteiger partial charge in [-0.1, -0.05) is 59.7 Å². The maximum atomic E-state index is 13.8. The summed E-state index contributed by atoms with van der Waals surface area (Å²) in [6, 6.07) is 18.9. The largest absolute Gasteiger partial charge is 0.324 e. The van der Waals surface area contributed by atoms with E-state index in [1.165, 1.54) is 16.1 Å². The zero-order valence-corrected chi connectivity index (χ0v) is 21.3. The van der Waals surface area contributed by atoms with Crippen LogP contribution in [-0.2, 0) is 21.4 Å². The summed E-state index contributed by atoms with van der Waals surface area (Å²) >= 11 is 1.52. The summed E-state index contributed by atoms with van der Waals surface area (Å²) in [5.74, 6) is -0.380. The van der Waals surface area contributed by atoms with Gasteiger partial charge in [-0.15, -0.1) is 11.8 Å². The average molecular weight is 483 g/mol. The molecule has 0 radical (unpaired) electrons. The molecule has 0 saturated carbocycles. The van der Waals surface area contributed by atoms with E-state index in [2.05, 4.69) is 5.32 Å². The molecule has 1 N–H and O–H groups in total. The van der Waals surface area contributed by atoms with Crippen molar-refractivity contribution in [2.24, 2.45) is 0 Å². The third-order valence-electron chi connectivity index (χ3n) is 5.38. The second kappa shape index (κ2) is 10.5. The van der Waals surface area contributed by atoms with E-state index in [1.807, 2.05) is 80.8 Å². The number of rotatable bonds is 8. The molecule has 0 spiro atoms. The van der Waals surface area contributed by atoms with Gasteiger partial charge in [0, 0.05) is 11.4 Å². The maximum absolute atomic E-state index is 13.8. The van der Waals surface area contributed by atoms with Crippen molar-refractivity contribution in [1.82, 2.24) is 4.31 Å². The number of anilines is 1. The lowest BCUT2D eigenvalue weighted by Crippen LogP contribution is -2.38. The van der Waals surface area contributed by atoms with Gasteiger partial charge >= 0.3 is 0 Å². The van der Waals surface area contributed by atoms with Crippen LogP contribution in [-0.4, -0.2) is 31.4 Å². The van der Waals surface area contributed by atoms with E-state index in [0.717, 1.165) is 21.6 Å². The topological polar surface area (TPSA) is 66.5 Å². The Morgan fingerprint density at radius 1 is 0.909 bits per heavy atom. The van der Waals surface area contributed by atoms with Crippen LogP contribution in [0.2, 0.25) is 0 Å². The van der Waals surface area contributed by atoms with Crippen LogP contribution in [0.5, 0.6) is 0 Å². The van der Waals surface area contributed by atoms with Crippen molar-refractivity contribution in [2.45, 2.75) is 44.0 Å². The molecule has 0 aromatic heterocycles. The first-order valence-corrected chi connectivity index (χ1v) is 13.3. The van der Waals surface area contributed by atoms with Gasteiger partial charge in [0.15, 0.2) is 0 Å². The van der Waals surface area contributed by atoms with Crippen molar-refractivity contribution in [3.63, 3.8) is 0 Å². The Bertz CT molecular complexity index is 1230. The number of sulfonamides is 1. The highest BCUT2D eigenvalue weighted by molar-refractivity contribution is 7.98. The van der Waals surface area contributed by atoms with Crippen LogP contribution in [0, 0.1) is 27.7 Å². The molecule has 0 bridgehead atoms. The van der Waals surface area contributed by atoms with Crippen LogP contribution < -0.4 is 5.32 Å². The normalized spacial score (nSPS) is 11.6. The fraction of sp³-hybridized carbons (Fsp3) is 0.269. The lowest BCUT2D eigenvalue weighted by Gasteiger charge is -2.24. The minimum Gasteiger partial charge on any atom is -0.324 e. The Morgan fingerprint density at radius 3 is 2.12 bits per heavy atom. The van der Waals surface area contributed by atoms with Crippen molar-refractivity contribution in [3.05, 3.63) is 88.5 Å². The Balaban J connectivity index is 1.97. The molecular formula is C26H30N2O3S2. The van der Waals surface area contributed by atoms with Crippen LogP contribution in [0.15, 0.2) is 70.5 Å². The zero-order chi connectivity index (χ0) is 24.2. The number of carbonyl (C=O) groups excluding carboxylic acids is 1. The first kappa shape index (κ1) is 25.0. The molecule has 0 aliphatic carbocycles. The molecule has 0 atom stereocenters. The Hall–Kier alpha value is -2.61. The van der Waals surface area contributed by atoms with E-state index < -0.39 is 10.0 Å². The number of hydrogen-bond donors (Lipinski definition) is 1. The highest BCUT2D eigenvalue weighted by Gasteiger charge is 2.30. The quantitative estimate of drug-likeness (QED) is 0.432. The molecule has 5 nitrogen and oxygen atoms in total. The minimum atomic E-state index is -3.92. The molecule has 7 heteroatoms. The van der Waals surface area contributed by atoms with Crippen LogP contribution in [0.3, 0.4) is 0 Å². The monoisotopic (exact) mass is 482 g/mol. The van der Waals surface area contributed by atoms with Gasteiger partial charge in [-0.2, -0.15) is 4.31 Å². The van der Waals surface area contributed by atoms with E-state index in [-0.39, 0.29) is 23.9 Å². The summed E-state index contributed by atoms with van der Waals surface area (Å²) in [5.41, 5.74) is 4.93. The summed E-state index contributed by atoms with van der Waals surface area (Å²) in [6.07, 6.45) is 1.93. The third kappa shape index (κ3) is 6.05. The zero-order valence-electron chi connectivity index (χ0n) is 19.7. The van der Waals surface area contributed by atoms with Crippen molar-refractivity contribution in [3.8, 4) is 0 Å². The average Bonchev–Trinajstić information content (AvgIpc) is 2.74. The molecule has 0 fully saturated rings. The number of nitrogens with one attached hydrogen (secondary N) is 1. The van der Waals surface area contributed by atoms with Crippen LogP contribution >= 0.6 is 11.8 Å². The van der Waals surface area contributed by atoms with E-state index in [9.17, 15) is 13.2 Å². The first-order valence-electron chi connectivity index (χ1n) is 10.7. The number of amides is 1. The molecule has 0 unspecified atom stereocenters. The summed E-state index contributed by atoms with van der Waals surface area (Å²) in [7, 11) is -3.92.